The highest BCUT2D eigenvalue weighted by molar-refractivity contribution is 14.0. The largest absolute Gasteiger partial charge is 0.379 e. The van der Waals surface area contributed by atoms with Gasteiger partial charge in [0.05, 0.1) is 19.8 Å². The maximum atomic E-state index is 5.74. The second kappa shape index (κ2) is 19.9. The number of ether oxygens (including phenoxy) is 2. The molecule has 0 bridgehead atoms. The molecule has 0 radical (unpaired) electrons. The number of nitrogens with zero attached hydrogens (tertiary/aromatic N) is 1. The fourth-order valence-corrected chi connectivity index (χ4v) is 1.61. The molecule has 0 spiro atoms. The fourth-order valence-electron chi connectivity index (χ4n) is 1.61. The predicted molar refractivity (Wildman–Crippen MR) is 101 cm³/mol. The molecule has 0 aliphatic carbocycles. The van der Waals surface area contributed by atoms with E-state index >= 15 is 0 Å². The number of hydrogen-bond donors (Lipinski definition) is 2. The molecule has 0 rings (SSSR count). The van der Waals surface area contributed by atoms with E-state index in [4.69, 9.17) is 15.2 Å². The van der Waals surface area contributed by atoms with Gasteiger partial charge in [-0.05, 0) is 12.8 Å². The molecular weight excluding hydrogens is 381 g/mol. The molecule has 3 N–H and O–H groups in total. The summed E-state index contributed by atoms with van der Waals surface area (Å²) in [6.07, 6.45) is 7.15. The van der Waals surface area contributed by atoms with Gasteiger partial charge in [-0.2, -0.15) is 0 Å². The van der Waals surface area contributed by atoms with Crippen molar-refractivity contribution in [3.05, 3.63) is 0 Å². The summed E-state index contributed by atoms with van der Waals surface area (Å²) in [6.45, 7) is 8.62. The fraction of sp³-hybridized carbons (Fsp3) is 0.933. The van der Waals surface area contributed by atoms with Crippen LogP contribution >= 0.6 is 24.0 Å². The maximum absolute atomic E-state index is 5.74. The van der Waals surface area contributed by atoms with Gasteiger partial charge in [-0.3, -0.25) is 4.99 Å². The summed E-state index contributed by atoms with van der Waals surface area (Å²) in [7, 11) is 0. The molecule has 0 aromatic heterocycles. The Balaban J connectivity index is 0. The third-order valence-electron chi connectivity index (χ3n) is 2.86. The van der Waals surface area contributed by atoms with Crippen LogP contribution in [-0.2, 0) is 9.47 Å². The molecule has 0 atom stereocenters. The first-order valence-corrected chi connectivity index (χ1v) is 8.00. The van der Waals surface area contributed by atoms with Crippen LogP contribution in [0.15, 0.2) is 4.99 Å². The summed E-state index contributed by atoms with van der Waals surface area (Å²) < 4.78 is 10.8. The van der Waals surface area contributed by atoms with Crippen LogP contribution in [0.5, 0.6) is 0 Å². The van der Waals surface area contributed by atoms with Gasteiger partial charge in [0.15, 0.2) is 5.96 Å². The number of halogens is 1. The molecular formula is C15H34IN3O2. The average molecular weight is 415 g/mol. The van der Waals surface area contributed by atoms with Crippen molar-refractivity contribution in [3.63, 3.8) is 0 Å². The molecule has 5 nitrogen and oxygen atoms in total. The van der Waals surface area contributed by atoms with E-state index in [1.807, 2.05) is 0 Å². The summed E-state index contributed by atoms with van der Waals surface area (Å²) >= 11 is 0. The minimum atomic E-state index is 0. The highest BCUT2D eigenvalue weighted by atomic mass is 127. The molecule has 0 fully saturated rings. The lowest BCUT2D eigenvalue weighted by atomic mass is 10.2. The van der Waals surface area contributed by atoms with Gasteiger partial charge >= 0.3 is 0 Å². The number of unbranched alkanes of at least 4 members (excludes halogenated alkanes) is 4. The lowest BCUT2D eigenvalue weighted by Crippen LogP contribution is -2.34. The molecule has 0 aliphatic heterocycles. The molecule has 21 heavy (non-hydrogen) atoms. The van der Waals surface area contributed by atoms with Gasteiger partial charge in [0.2, 0.25) is 0 Å². The Morgan fingerprint density at radius 2 is 1.57 bits per heavy atom. The average Bonchev–Trinajstić information content (AvgIpc) is 2.45. The van der Waals surface area contributed by atoms with Crippen molar-refractivity contribution < 1.29 is 9.47 Å². The highest BCUT2D eigenvalue weighted by Crippen LogP contribution is 1.98. The topological polar surface area (TPSA) is 68.9 Å². The van der Waals surface area contributed by atoms with E-state index in [0.29, 0.717) is 32.3 Å². The molecule has 0 saturated carbocycles. The van der Waals surface area contributed by atoms with Crippen LogP contribution in [-0.4, -0.2) is 45.5 Å². The van der Waals surface area contributed by atoms with E-state index in [9.17, 15) is 0 Å². The minimum Gasteiger partial charge on any atom is -0.379 e. The van der Waals surface area contributed by atoms with Gasteiger partial charge < -0.3 is 20.5 Å². The van der Waals surface area contributed by atoms with Crippen LogP contribution in [0.3, 0.4) is 0 Å². The molecule has 0 aliphatic rings. The van der Waals surface area contributed by atoms with Gasteiger partial charge in [0.25, 0.3) is 0 Å². The monoisotopic (exact) mass is 415 g/mol. The molecule has 6 heteroatoms. The van der Waals surface area contributed by atoms with Gasteiger partial charge in [0, 0.05) is 19.7 Å². The first-order chi connectivity index (χ1) is 9.81. The summed E-state index contributed by atoms with van der Waals surface area (Å²) in [4.78, 5) is 4.27. The van der Waals surface area contributed by atoms with E-state index in [2.05, 4.69) is 24.2 Å². The van der Waals surface area contributed by atoms with E-state index in [1.165, 1.54) is 25.7 Å². The van der Waals surface area contributed by atoms with E-state index < -0.39 is 0 Å². The van der Waals surface area contributed by atoms with Crippen LogP contribution in [0.4, 0.5) is 0 Å². The lowest BCUT2D eigenvalue weighted by molar-refractivity contribution is 0.0487. The van der Waals surface area contributed by atoms with Crippen molar-refractivity contribution in [2.45, 2.75) is 52.4 Å². The molecule has 0 aromatic carbocycles. The maximum Gasteiger partial charge on any atom is 0.188 e. The Morgan fingerprint density at radius 1 is 0.905 bits per heavy atom. The van der Waals surface area contributed by atoms with Gasteiger partial charge in [-0.1, -0.05) is 39.5 Å². The normalized spacial score (nSPS) is 11.2. The van der Waals surface area contributed by atoms with Crippen molar-refractivity contribution in [3.8, 4) is 0 Å². The van der Waals surface area contributed by atoms with Crippen LogP contribution in [0.25, 0.3) is 0 Å². The van der Waals surface area contributed by atoms with Crippen molar-refractivity contribution >= 4 is 29.9 Å². The zero-order valence-corrected chi connectivity index (χ0v) is 16.1. The second-order valence-electron chi connectivity index (χ2n) is 4.83. The summed E-state index contributed by atoms with van der Waals surface area (Å²) in [5.41, 5.74) is 5.74. The molecule has 0 amide bonds. The first kappa shape index (κ1) is 23.2. The molecule has 0 aromatic rings. The summed E-state index contributed by atoms with van der Waals surface area (Å²) in [6, 6.07) is 0. The van der Waals surface area contributed by atoms with Crippen LogP contribution < -0.4 is 11.1 Å². The van der Waals surface area contributed by atoms with Crippen molar-refractivity contribution in [2.75, 3.05) is 39.5 Å². The third-order valence-corrected chi connectivity index (χ3v) is 2.86. The SMILES string of the molecule is CCCCCCN=C(N)NCCOCCOCCCC.I. The van der Waals surface area contributed by atoms with Crippen molar-refractivity contribution in [1.82, 2.24) is 5.32 Å². The Kier molecular flexibility index (Phi) is 22.0. The second-order valence-corrected chi connectivity index (χ2v) is 4.83. The summed E-state index contributed by atoms with van der Waals surface area (Å²) in [5, 5.41) is 3.05. The Morgan fingerprint density at radius 3 is 2.24 bits per heavy atom. The lowest BCUT2D eigenvalue weighted by Gasteiger charge is -2.07. The van der Waals surface area contributed by atoms with Gasteiger partial charge in [0.1, 0.15) is 0 Å². The number of rotatable bonds is 14. The van der Waals surface area contributed by atoms with E-state index in [-0.39, 0.29) is 24.0 Å². The summed E-state index contributed by atoms with van der Waals surface area (Å²) in [5.74, 6) is 0.518. The van der Waals surface area contributed by atoms with Crippen molar-refractivity contribution in [2.24, 2.45) is 10.7 Å². The minimum absolute atomic E-state index is 0. The van der Waals surface area contributed by atoms with Gasteiger partial charge in [-0.15, -0.1) is 24.0 Å². The molecule has 0 saturated heterocycles. The van der Waals surface area contributed by atoms with E-state index in [1.54, 1.807) is 0 Å². The zero-order chi connectivity index (χ0) is 14.9. The number of nitrogens with one attached hydrogen (secondary N) is 1. The quantitative estimate of drug-likeness (QED) is 0.198. The number of hydrogen-bond acceptors (Lipinski definition) is 3. The van der Waals surface area contributed by atoms with E-state index in [0.717, 1.165) is 26.0 Å². The Hall–Kier alpha value is -0.0800. The third kappa shape index (κ3) is 19.9. The molecule has 0 heterocycles. The number of guanidine groups is 1. The molecule has 128 valence electrons. The van der Waals surface area contributed by atoms with Gasteiger partial charge in [-0.25, -0.2) is 0 Å². The first-order valence-electron chi connectivity index (χ1n) is 8.00. The van der Waals surface area contributed by atoms with Crippen LogP contribution in [0.2, 0.25) is 0 Å². The zero-order valence-electron chi connectivity index (χ0n) is 13.7. The van der Waals surface area contributed by atoms with Crippen LogP contribution in [0, 0.1) is 0 Å². The van der Waals surface area contributed by atoms with Crippen LogP contribution in [0.1, 0.15) is 52.4 Å². The number of nitrogens with two attached hydrogens (primary N) is 1. The smallest absolute Gasteiger partial charge is 0.188 e. The van der Waals surface area contributed by atoms with Crippen molar-refractivity contribution in [1.29, 1.82) is 0 Å². The number of aliphatic imine (C=N–C) groups is 1. The molecule has 0 unspecified atom stereocenters. The highest BCUT2D eigenvalue weighted by Gasteiger charge is 1.93. The Labute approximate surface area is 147 Å². The Bertz CT molecular complexity index is 229. The standard InChI is InChI=1S/C15H33N3O2.HI/c1-3-5-7-8-9-17-15(16)18-10-12-20-14-13-19-11-6-4-2;/h3-14H2,1-2H3,(H3,16,17,18);1H. The predicted octanol–water partition coefficient (Wildman–Crippen LogP) is 2.92.